The fourth-order valence-corrected chi connectivity index (χ4v) is 2.61. The van der Waals surface area contributed by atoms with Crippen molar-refractivity contribution >= 4 is 22.5 Å². The van der Waals surface area contributed by atoms with Crippen LogP contribution in [0.4, 0.5) is 0 Å². The summed E-state index contributed by atoms with van der Waals surface area (Å²) in [7, 11) is 0. The molecule has 0 amide bonds. The van der Waals surface area contributed by atoms with E-state index in [-0.39, 0.29) is 0 Å². The van der Waals surface area contributed by atoms with E-state index in [1.165, 1.54) is 18.4 Å². The van der Waals surface area contributed by atoms with Gasteiger partial charge in [0.05, 0.1) is 5.52 Å². The van der Waals surface area contributed by atoms with E-state index in [0.717, 1.165) is 23.1 Å². The summed E-state index contributed by atoms with van der Waals surface area (Å²) < 4.78 is 0. The topological polar surface area (TPSA) is 51.8 Å². The number of halogens is 1. The van der Waals surface area contributed by atoms with Gasteiger partial charge in [0.25, 0.3) is 0 Å². The molecule has 3 nitrogen and oxygen atoms in total. The summed E-state index contributed by atoms with van der Waals surface area (Å²) in [5.41, 5.74) is 7.82. The number of aromatic nitrogens is 2. The first-order chi connectivity index (χ1) is 9.19. The van der Waals surface area contributed by atoms with Gasteiger partial charge in [0.15, 0.2) is 0 Å². The number of rotatable bonds is 4. The maximum atomic E-state index is 6.31. The summed E-state index contributed by atoms with van der Waals surface area (Å²) in [5, 5.41) is 1.53. The molecule has 0 saturated heterocycles. The van der Waals surface area contributed by atoms with Gasteiger partial charge in [-0.25, -0.2) is 9.97 Å². The van der Waals surface area contributed by atoms with Gasteiger partial charge in [0.1, 0.15) is 11.0 Å². The lowest BCUT2D eigenvalue weighted by molar-refractivity contribution is 0.691. The zero-order valence-corrected chi connectivity index (χ0v) is 11.8. The first-order valence-electron chi connectivity index (χ1n) is 6.86. The first-order valence-corrected chi connectivity index (χ1v) is 7.24. The molecule has 2 aromatic rings. The normalized spacial score (nSPS) is 16.8. The standard InChI is InChI=1S/C15H18ClN3/c1-9(6-7-17)11-4-5-13-12(8-11)14(16)19-15(18-13)10-2-3-10/h4-5,8-10H,2-3,6-7,17H2,1H3. The monoisotopic (exact) mass is 275 g/mol. The Morgan fingerprint density at radius 2 is 2.16 bits per heavy atom. The van der Waals surface area contributed by atoms with Crippen LogP contribution in [0.3, 0.4) is 0 Å². The molecular weight excluding hydrogens is 258 g/mol. The van der Waals surface area contributed by atoms with Gasteiger partial charge >= 0.3 is 0 Å². The van der Waals surface area contributed by atoms with E-state index in [1.54, 1.807) is 0 Å². The molecule has 1 atom stereocenters. The van der Waals surface area contributed by atoms with Crippen molar-refractivity contribution in [2.24, 2.45) is 5.73 Å². The highest BCUT2D eigenvalue weighted by atomic mass is 35.5. The lowest BCUT2D eigenvalue weighted by Crippen LogP contribution is -2.04. The highest BCUT2D eigenvalue weighted by Gasteiger charge is 2.27. The fraction of sp³-hybridized carbons (Fsp3) is 0.467. The van der Waals surface area contributed by atoms with Crippen LogP contribution < -0.4 is 5.73 Å². The molecule has 1 aromatic carbocycles. The van der Waals surface area contributed by atoms with Gasteiger partial charge in [-0.3, -0.25) is 0 Å². The smallest absolute Gasteiger partial charge is 0.140 e. The summed E-state index contributed by atoms with van der Waals surface area (Å²) >= 11 is 6.31. The summed E-state index contributed by atoms with van der Waals surface area (Å²) in [6, 6.07) is 6.29. The van der Waals surface area contributed by atoms with E-state index in [0.29, 0.717) is 23.5 Å². The SMILES string of the molecule is CC(CCN)c1ccc2nc(C3CC3)nc(Cl)c2c1. The van der Waals surface area contributed by atoms with E-state index in [9.17, 15) is 0 Å². The van der Waals surface area contributed by atoms with Crippen LogP contribution in [0, 0.1) is 0 Å². The Kier molecular flexibility index (Phi) is 3.42. The molecule has 0 radical (unpaired) electrons. The molecule has 1 unspecified atom stereocenters. The molecule has 4 heteroatoms. The van der Waals surface area contributed by atoms with Crippen molar-refractivity contribution in [3.8, 4) is 0 Å². The molecule has 19 heavy (non-hydrogen) atoms. The van der Waals surface area contributed by atoms with Crippen LogP contribution in [0.1, 0.15) is 49.4 Å². The molecule has 0 bridgehead atoms. The second-order valence-electron chi connectivity index (χ2n) is 5.40. The van der Waals surface area contributed by atoms with E-state index in [4.69, 9.17) is 17.3 Å². The first kappa shape index (κ1) is 12.8. The molecule has 1 aromatic heterocycles. The van der Waals surface area contributed by atoms with Crippen LogP contribution in [0.25, 0.3) is 10.9 Å². The van der Waals surface area contributed by atoms with Crippen LogP contribution >= 0.6 is 11.6 Å². The van der Waals surface area contributed by atoms with Crippen molar-refractivity contribution in [3.05, 3.63) is 34.7 Å². The molecule has 3 rings (SSSR count). The summed E-state index contributed by atoms with van der Waals surface area (Å²) in [6.07, 6.45) is 3.35. The maximum Gasteiger partial charge on any atom is 0.140 e. The Bertz CT molecular complexity index is 608. The Hall–Kier alpha value is -1.19. The number of nitrogens with two attached hydrogens (primary N) is 1. The molecular formula is C15H18ClN3. The zero-order valence-electron chi connectivity index (χ0n) is 11.1. The van der Waals surface area contributed by atoms with E-state index < -0.39 is 0 Å². The number of nitrogens with zero attached hydrogens (tertiary/aromatic N) is 2. The van der Waals surface area contributed by atoms with Gasteiger partial charge < -0.3 is 5.73 Å². The highest BCUT2D eigenvalue weighted by Crippen LogP contribution is 2.39. The Morgan fingerprint density at radius 1 is 1.37 bits per heavy atom. The zero-order chi connectivity index (χ0) is 13.4. The van der Waals surface area contributed by atoms with Gasteiger partial charge in [0, 0.05) is 11.3 Å². The average Bonchev–Trinajstić information content (AvgIpc) is 3.23. The van der Waals surface area contributed by atoms with Crippen molar-refractivity contribution in [1.82, 2.24) is 9.97 Å². The molecule has 2 N–H and O–H groups in total. The molecule has 0 spiro atoms. The lowest BCUT2D eigenvalue weighted by Gasteiger charge is -2.12. The minimum atomic E-state index is 0.438. The number of hydrogen-bond donors (Lipinski definition) is 1. The lowest BCUT2D eigenvalue weighted by atomic mass is 9.97. The largest absolute Gasteiger partial charge is 0.330 e. The summed E-state index contributed by atoms with van der Waals surface area (Å²) in [6.45, 7) is 2.88. The predicted molar refractivity (Wildman–Crippen MR) is 78.6 cm³/mol. The third-order valence-electron chi connectivity index (χ3n) is 3.80. The van der Waals surface area contributed by atoms with E-state index in [1.807, 2.05) is 0 Å². The van der Waals surface area contributed by atoms with Crippen molar-refractivity contribution in [3.63, 3.8) is 0 Å². The minimum Gasteiger partial charge on any atom is -0.330 e. The fourth-order valence-electron chi connectivity index (χ4n) is 2.37. The van der Waals surface area contributed by atoms with E-state index >= 15 is 0 Å². The molecule has 1 saturated carbocycles. The van der Waals surface area contributed by atoms with Crippen molar-refractivity contribution < 1.29 is 0 Å². The number of fused-ring (bicyclic) bond motifs is 1. The third-order valence-corrected chi connectivity index (χ3v) is 4.09. The van der Waals surface area contributed by atoms with Gasteiger partial charge in [0.2, 0.25) is 0 Å². The van der Waals surface area contributed by atoms with Crippen molar-refractivity contribution in [2.75, 3.05) is 6.54 Å². The molecule has 1 heterocycles. The van der Waals surface area contributed by atoms with Gasteiger partial charge in [-0.05, 0) is 49.4 Å². The van der Waals surface area contributed by atoms with Crippen LogP contribution in [-0.4, -0.2) is 16.5 Å². The second kappa shape index (κ2) is 5.06. The molecule has 0 aliphatic heterocycles. The predicted octanol–water partition coefficient (Wildman–Crippen LogP) is 3.61. The van der Waals surface area contributed by atoms with Crippen molar-refractivity contribution in [1.29, 1.82) is 0 Å². The summed E-state index contributed by atoms with van der Waals surface area (Å²) in [5.74, 6) is 1.87. The Morgan fingerprint density at radius 3 is 2.84 bits per heavy atom. The summed E-state index contributed by atoms with van der Waals surface area (Å²) in [4.78, 5) is 9.06. The van der Waals surface area contributed by atoms with Crippen LogP contribution in [0.15, 0.2) is 18.2 Å². The van der Waals surface area contributed by atoms with Gasteiger partial charge in [-0.15, -0.1) is 0 Å². The highest BCUT2D eigenvalue weighted by molar-refractivity contribution is 6.34. The third kappa shape index (κ3) is 2.58. The van der Waals surface area contributed by atoms with E-state index in [2.05, 4.69) is 35.1 Å². The van der Waals surface area contributed by atoms with Gasteiger partial charge in [-0.1, -0.05) is 24.6 Å². The minimum absolute atomic E-state index is 0.438. The van der Waals surface area contributed by atoms with Crippen molar-refractivity contribution in [2.45, 2.75) is 38.0 Å². The molecule has 1 fully saturated rings. The average molecular weight is 276 g/mol. The van der Waals surface area contributed by atoms with Crippen LogP contribution in [-0.2, 0) is 0 Å². The van der Waals surface area contributed by atoms with Crippen LogP contribution in [0.5, 0.6) is 0 Å². The Balaban J connectivity index is 2.03. The number of hydrogen-bond acceptors (Lipinski definition) is 3. The van der Waals surface area contributed by atoms with Gasteiger partial charge in [-0.2, -0.15) is 0 Å². The van der Waals surface area contributed by atoms with Crippen LogP contribution in [0.2, 0.25) is 5.15 Å². The molecule has 1 aliphatic carbocycles. The quantitative estimate of drug-likeness (QED) is 0.867. The second-order valence-corrected chi connectivity index (χ2v) is 5.76. The number of benzene rings is 1. The maximum absolute atomic E-state index is 6.31. The molecule has 100 valence electrons. The Labute approximate surface area is 118 Å². The molecule has 1 aliphatic rings.